The molecule has 0 radical (unpaired) electrons. The van der Waals surface area contributed by atoms with Gasteiger partial charge in [-0.2, -0.15) is 0 Å². The van der Waals surface area contributed by atoms with Crippen LogP contribution in [-0.4, -0.2) is 11.9 Å². The Morgan fingerprint density at radius 2 is 1.57 bits per heavy atom. The lowest BCUT2D eigenvalue weighted by atomic mass is 11.2. The standard InChI is InChI=1S/C4H4O3/c5-3-1-2-4(6)7-3/h1-2H2/i1+2,2+2. The van der Waals surface area contributed by atoms with E-state index in [1.54, 1.807) is 0 Å². The summed E-state index contributed by atoms with van der Waals surface area (Å²) in [5.41, 5.74) is 0. The molecule has 0 aromatic heterocycles. The molecule has 0 aromatic carbocycles. The molecule has 1 fully saturated rings. The first-order valence-corrected chi connectivity index (χ1v) is 2.02. The largest absolute Gasteiger partial charge is 0.393 e. The van der Waals surface area contributed by atoms with Gasteiger partial charge in [-0.25, -0.2) is 0 Å². The highest BCUT2D eigenvalue weighted by Gasteiger charge is 2.19. The van der Waals surface area contributed by atoms with Crippen molar-refractivity contribution >= 4 is 11.9 Å². The molecule has 1 saturated heterocycles. The number of hydrogen-bond donors (Lipinski definition) is 0. The number of esters is 2. The van der Waals surface area contributed by atoms with Gasteiger partial charge in [0.25, 0.3) is 0 Å². The van der Waals surface area contributed by atoms with E-state index in [0.717, 1.165) is 0 Å². The zero-order chi connectivity index (χ0) is 5.28. The van der Waals surface area contributed by atoms with Crippen molar-refractivity contribution in [2.45, 2.75) is 12.8 Å². The summed E-state index contributed by atoms with van der Waals surface area (Å²) in [6.07, 6.45) is 0.525. The fourth-order valence-corrected chi connectivity index (χ4v) is 0.433. The Morgan fingerprint density at radius 1 is 1.14 bits per heavy atom. The van der Waals surface area contributed by atoms with Crippen molar-refractivity contribution in [3.63, 3.8) is 0 Å². The van der Waals surface area contributed by atoms with Gasteiger partial charge in [0.1, 0.15) is 0 Å². The third kappa shape index (κ3) is 0.765. The molecule has 0 aromatic rings. The van der Waals surface area contributed by atoms with Crippen molar-refractivity contribution in [2.24, 2.45) is 0 Å². The van der Waals surface area contributed by atoms with E-state index in [9.17, 15) is 9.59 Å². The second kappa shape index (κ2) is 1.33. The highest BCUT2D eigenvalue weighted by atomic mass is 16.6. The van der Waals surface area contributed by atoms with Crippen LogP contribution < -0.4 is 0 Å². The van der Waals surface area contributed by atoms with Crippen molar-refractivity contribution in [1.82, 2.24) is 0 Å². The summed E-state index contributed by atoms with van der Waals surface area (Å²) in [4.78, 5) is 20.0. The van der Waals surface area contributed by atoms with Gasteiger partial charge in [0, 0.05) is 0 Å². The lowest BCUT2D eigenvalue weighted by molar-refractivity contribution is -0.151. The van der Waals surface area contributed by atoms with Crippen molar-refractivity contribution in [1.29, 1.82) is 0 Å². The van der Waals surface area contributed by atoms with E-state index >= 15 is 0 Å². The fraction of sp³-hybridized carbons (Fsp3) is 0.500. The summed E-state index contributed by atoms with van der Waals surface area (Å²) in [7, 11) is 0. The van der Waals surface area contributed by atoms with Gasteiger partial charge in [-0.15, -0.1) is 0 Å². The number of carbonyl (C=O) groups is 2. The summed E-state index contributed by atoms with van der Waals surface area (Å²) in [6.45, 7) is 0. The third-order valence-electron chi connectivity index (χ3n) is 0.761. The summed E-state index contributed by atoms with van der Waals surface area (Å²) < 4.78 is 4.08. The van der Waals surface area contributed by atoms with Crippen LogP contribution in [0.5, 0.6) is 0 Å². The van der Waals surface area contributed by atoms with Crippen molar-refractivity contribution in [2.75, 3.05) is 0 Å². The molecular formula is C4H4O3. The molecule has 0 unspecified atom stereocenters. The minimum atomic E-state index is -0.398. The van der Waals surface area contributed by atoms with Gasteiger partial charge in [-0.3, -0.25) is 9.59 Å². The van der Waals surface area contributed by atoms with E-state index < -0.39 is 11.9 Å². The molecule has 0 atom stereocenters. The second-order valence-electron chi connectivity index (χ2n) is 1.35. The molecule has 1 aliphatic heterocycles. The Kier molecular flexibility index (Phi) is 0.817. The quantitative estimate of drug-likeness (QED) is 0.317. The van der Waals surface area contributed by atoms with Gasteiger partial charge in [-0.1, -0.05) is 0 Å². The van der Waals surface area contributed by atoms with Crippen LogP contribution in [0.15, 0.2) is 0 Å². The monoisotopic (exact) mass is 104 g/mol. The zero-order valence-corrected chi connectivity index (χ0v) is 3.64. The van der Waals surface area contributed by atoms with Crippen LogP contribution in [0.4, 0.5) is 0 Å². The average molecular weight is 104 g/mol. The molecule has 38 valence electrons. The lowest BCUT2D eigenvalue weighted by Gasteiger charge is -1.79. The smallest absolute Gasteiger partial charge is 0.314 e. The summed E-state index contributed by atoms with van der Waals surface area (Å²) >= 11 is 0. The first-order chi connectivity index (χ1) is 3.29. The van der Waals surface area contributed by atoms with Gasteiger partial charge in [0.15, 0.2) is 0 Å². The first kappa shape index (κ1) is 4.30. The van der Waals surface area contributed by atoms with Crippen LogP contribution in [0.3, 0.4) is 0 Å². The van der Waals surface area contributed by atoms with Crippen LogP contribution in [0.1, 0.15) is 12.8 Å². The zero-order valence-electron chi connectivity index (χ0n) is 3.64. The predicted molar refractivity (Wildman–Crippen MR) is 20.3 cm³/mol. The van der Waals surface area contributed by atoms with Crippen LogP contribution in [0.25, 0.3) is 0 Å². The lowest BCUT2D eigenvalue weighted by Crippen LogP contribution is -1.94. The molecule has 0 saturated carbocycles. The highest BCUT2D eigenvalue weighted by molar-refractivity contribution is 5.92. The van der Waals surface area contributed by atoms with Crippen molar-refractivity contribution in [3.8, 4) is 0 Å². The van der Waals surface area contributed by atoms with E-state index in [2.05, 4.69) is 4.74 Å². The summed E-state index contributed by atoms with van der Waals surface area (Å²) in [5.74, 6) is -0.796. The second-order valence-corrected chi connectivity index (χ2v) is 1.35. The Balaban J connectivity index is 2.55. The van der Waals surface area contributed by atoms with Crippen molar-refractivity contribution in [3.05, 3.63) is 0 Å². The van der Waals surface area contributed by atoms with Crippen LogP contribution >= 0.6 is 0 Å². The summed E-state index contributed by atoms with van der Waals surface area (Å²) in [5, 5.41) is 0. The normalized spacial score (nSPS) is 20.0. The molecular weight excluding hydrogens is 100 g/mol. The van der Waals surface area contributed by atoms with E-state index in [0.29, 0.717) is 0 Å². The SMILES string of the molecule is O=C1[14CH2][14CH2]C(=O)O1. The maximum Gasteiger partial charge on any atom is 0.314 e. The topological polar surface area (TPSA) is 43.4 Å². The number of rotatable bonds is 0. The molecule has 0 N–H and O–H groups in total. The number of hydrogen-bond acceptors (Lipinski definition) is 3. The molecule has 0 amide bonds. The fourth-order valence-electron chi connectivity index (χ4n) is 0.433. The Bertz CT molecular complexity index is 102. The Morgan fingerprint density at radius 3 is 1.71 bits per heavy atom. The van der Waals surface area contributed by atoms with Gasteiger partial charge in [0.05, 0.1) is 12.8 Å². The molecule has 3 nitrogen and oxygen atoms in total. The van der Waals surface area contributed by atoms with Gasteiger partial charge in [-0.05, 0) is 0 Å². The molecule has 0 spiro atoms. The highest BCUT2D eigenvalue weighted by Crippen LogP contribution is 2.03. The van der Waals surface area contributed by atoms with E-state index in [1.807, 2.05) is 0 Å². The van der Waals surface area contributed by atoms with Gasteiger partial charge in [0.2, 0.25) is 0 Å². The molecule has 0 bridgehead atoms. The molecule has 1 heterocycles. The van der Waals surface area contributed by atoms with E-state index in [-0.39, 0.29) is 12.8 Å². The molecule has 1 rings (SSSR count). The maximum atomic E-state index is 10.0. The third-order valence-corrected chi connectivity index (χ3v) is 0.761. The van der Waals surface area contributed by atoms with Gasteiger partial charge < -0.3 is 4.74 Å². The number of ether oxygens (including phenoxy) is 1. The van der Waals surface area contributed by atoms with E-state index in [4.69, 9.17) is 0 Å². The first-order valence-electron chi connectivity index (χ1n) is 2.02. The van der Waals surface area contributed by atoms with Gasteiger partial charge >= 0.3 is 11.9 Å². The molecule has 1 aliphatic rings. The minimum Gasteiger partial charge on any atom is -0.393 e. The van der Waals surface area contributed by atoms with Crippen LogP contribution in [-0.2, 0) is 14.3 Å². The number of cyclic esters (lactones) is 2. The number of carbonyl (C=O) groups excluding carboxylic acids is 2. The molecule has 3 heteroatoms. The summed E-state index contributed by atoms with van der Waals surface area (Å²) in [6, 6.07) is 0. The van der Waals surface area contributed by atoms with E-state index in [1.165, 1.54) is 0 Å². The Hall–Kier alpha value is -0.860. The molecule has 7 heavy (non-hydrogen) atoms. The predicted octanol–water partition coefficient (Wildman–Crippen LogP) is -0.150. The van der Waals surface area contributed by atoms with Crippen LogP contribution in [0, 0.1) is 0 Å². The average Bonchev–Trinajstić information content (AvgIpc) is 1.87. The molecule has 0 aliphatic carbocycles. The van der Waals surface area contributed by atoms with Crippen molar-refractivity contribution < 1.29 is 14.3 Å². The van der Waals surface area contributed by atoms with Crippen LogP contribution in [0.2, 0.25) is 0 Å². The Labute approximate surface area is 40.3 Å². The minimum absolute atomic E-state index is 0.263. The maximum absolute atomic E-state index is 10.0.